The molecular formula is C18H29CuLiNSi. The normalized spacial score (nSPS) is 9.27. The predicted molar refractivity (Wildman–Crippen MR) is 92.2 cm³/mol. The molecule has 0 aliphatic heterocycles. The number of nitrogens with zero attached hydrogens (tertiary/aromatic N) is 1. The third kappa shape index (κ3) is 9.83. The van der Waals surface area contributed by atoms with Gasteiger partial charge in [0, 0.05) is 0 Å². The summed E-state index contributed by atoms with van der Waals surface area (Å²) in [6.45, 7) is 12.4. The largest absolute Gasteiger partial charge is 1.00 e. The number of hydrogen-bond donors (Lipinski definition) is 0. The minimum atomic E-state index is -1.69. The Kier molecular flexibility index (Phi) is 19.2. The summed E-state index contributed by atoms with van der Waals surface area (Å²) in [6.07, 6.45) is 5.54. The van der Waals surface area contributed by atoms with E-state index in [1.807, 2.05) is 6.07 Å². The molecule has 0 aromatic heterocycles. The third-order valence-electron chi connectivity index (χ3n) is 3.52. The Morgan fingerprint density at radius 3 is 2.00 bits per heavy atom. The van der Waals surface area contributed by atoms with Crippen LogP contribution in [0, 0.1) is 23.8 Å². The van der Waals surface area contributed by atoms with Gasteiger partial charge in [0.25, 0.3) is 0 Å². The van der Waals surface area contributed by atoms with Crippen molar-refractivity contribution in [2.24, 2.45) is 0 Å². The van der Waals surface area contributed by atoms with Crippen molar-refractivity contribution in [3.05, 3.63) is 42.8 Å². The topological polar surface area (TPSA) is 23.8 Å². The minimum absolute atomic E-state index is 0. The minimum Gasteiger partial charge on any atom is -0.343 e. The molecule has 0 aliphatic carbocycles. The van der Waals surface area contributed by atoms with Crippen molar-refractivity contribution in [3.63, 3.8) is 0 Å². The Hall–Kier alpha value is -0.0862. The van der Waals surface area contributed by atoms with Crippen molar-refractivity contribution in [1.82, 2.24) is 0 Å². The summed E-state index contributed by atoms with van der Waals surface area (Å²) >= 11 is 0. The van der Waals surface area contributed by atoms with E-state index in [-0.39, 0.29) is 35.9 Å². The molecule has 0 heterocycles. The molecule has 0 N–H and O–H groups in total. The molecule has 0 saturated carbocycles. The van der Waals surface area contributed by atoms with Gasteiger partial charge in [-0.3, -0.25) is 5.54 Å². The molecule has 1 nitrogen and oxygen atoms in total. The van der Waals surface area contributed by atoms with Crippen molar-refractivity contribution in [2.45, 2.75) is 59.0 Å². The molecule has 1 rings (SSSR count). The van der Waals surface area contributed by atoms with Crippen LogP contribution < -0.4 is 24.0 Å². The molecule has 0 unspecified atom stereocenters. The van der Waals surface area contributed by atoms with E-state index >= 15 is 0 Å². The molecule has 0 fully saturated rings. The van der Waals surface area contributed by atoms with Crippen LogP contribution in [0.2, 0.25) is 13.1 Å². The first-order chi connectivity index (χ1) is 9.54. The van der Waals surface area contributed by atoms with E-state index in [0.717, 1.165) is 31.2 Å². The number of hydrogen-bond acceptors (Lipinski definition) is 1. The fourth-order valence-electron chi connectivity index (χ4n) is 1.89. The Labute approximate surface area is 161 Å². The van der Waals surface area contributed by atoms with Gasteiger partial charge in [-0.25, -0.2) is 5.26 Å². The summed E-state index contributed by atoms with van der Waals surface area (Å²) in [5.74, 6) is 0. The first kappa shape index (κ1) is 26.8. The van der Waals surface area contributed by atoms with E-state index in [1.165, 1.54) is 11.6 Å². The molecule has 22 heavy (non-hydrogen) atoms. The van der Waals surface area contributed by atoms with E-state index in [1.54, 1.807) is 0 Å². The predicted octanol–water partition coefficient (Wildman–Crippen LogP) is 2.05. The Bertz CT molecular complexity index is 388. The monoisotopic (exact) mass is 357 g/mol. The number of benzene rings is 1. The second kappa shape index (κ2) is 15.8. The molecule has 1 aromatic carbocycles. The van der Waals surface area contributed by atoms with Crippen molar-refractivity contribution in [3.8, 4) is 6.07 Å². The number of nitriles is 1. The fraction of sp³-hybridized carbons (Fsp3) is 0.500. The molecular weight excluding hydrogens is 329 g/mol. The molecule has 0 amide bonds. The van der Waals surface area contributed by atoms with Gasteiger partial charge in [0.15, 0.2) is 0 Å². The van der Waals surface area contributed by atoms with E-state index in [0.29, 0.717) is 0 Å². The molecule has 4 heteroatoms. The van der Waals surface area contributed by atoms with Crippen LogP contribution in [0.5, 0.6) is 0 Å². The van der Waals surface area contributed by atoms with Gasteiger partial charge in [-0.05, 0) is 8.07 Å². The van der Waals surface area contributed by atoms with Crippen LogP contribution in [0.3, 0.4) is 0 Å². The van der Waals surface area contributed by atoms with Gasteiger partial charge in [-0.2, -0.15) is 12.8 Å². The Morgan fingerprint density at radius 2 is 1.64 bits per heavy atom. The molecule has 1 aromatic rings. The summed E-state index contributed by atoms with van der Waals surface area (Å²) in [4.78, 5) is 0. The van der Waals surface area contributed by atoms with E-state index in [4.69, 9.17) is 0 Å². The SMILES string of the molecule is CCCC[C-](C#N)[Si](C)(C)c1ccccc1.[CH2-]CCC.[Cu+].[Li+]. The summed E-state index contributed by atoms with van der Waals surface area (Å²) in [6, 6.07) is 12.9. The number of rotatable bonds is 6. The van der Waals surface area contributed by atoms with Crippen LogP contribution in [-0.2, 0) is 17.1 Å². The van der Waals surface area contributed by atoms with Crippen LogP contribution in [0.1, 0.15) is 46.0 Å². The molecule has 0 spiro atoms. The summed E-state index contributed by atoms with van der Waals surface area (Å²) < 4.78 is 0. The molecule has 0 radical (unpaired) electrons. The van der Waals surface area contributed by atoms with Gasteiger partial charge in [0.05, 0.1) is 0 Å². The smallest absolute Gasteiger partial charge is 0.343 e. The van der Waals surface area contributed by atoms with Crippen molar-refractivity contribution in [1.29, 1.82) is 5.26 Å². The Morgan fingerprint density at radius 1 is 1.14 bits per heavy atom. The van der Waals surface area contributed by atoms with Gasteiger partial charge in [0.1, 0.15) is 0 Å². The molecule has 0 saturated heterocycles. The Balaban J connectivity index is -0.000000538. The van der Waals surface area contributed by atoms with Gasteiger partial charge in [-0.1, -0.05) is 81.7 Å². The summed E-state index contributed by atoms with van der Waals surface area (Å²) in [5.41, 5.74) is 1.13. The zero-order valence-corrected chi connectivity index (χ0v) is 16.8. The summed E-state index contributed by atoms with van der Waals surface area (Å²) in [5, 5.41) is 10.7. The van der Waals surface area contributed by atoms with Crippen molar-refractivity contribution in [2.75, 3.05) is 0 Å². The van der Waals surface area contributed by atoms with Crippen LogP contribution in [0.4, 0.5) is 0 Å². The fourth-order valence-corrected chi connectivity index (χ4v) is 4.35. The molecule has 122 valence electrons. The van der Waals surface area contributed by atoms with Crippen molar-refractivity contribution < 1.29 is 35.9 Å². The number of unbranched alkanes of at least 4 members (excludes halogenated alkanes) is 2. The van der Waals surface area contributed by atoms with Gasteiger partial charge >= 0.3 is 35.9 Å². The maximum atomic E-state index is 9.30. The molecule has 0 aliphatic rings. The standard InChI is InChI=1S/C14H20NSi.C4H9.Cu.Li/c1-4-5-9-14(12-15)16(2,3)13-10-7-6-8-11-13;1-3-4-2;;/h6-8,10-11H,4-5,9H2,1-3H3;1,3-4H2,2H3;;/q2*-1;2*+1. The van der Waals surface area contributed by atoms with E-state index in [9.17, 15) is 5.26 Å². The first-order valence-electron chi connectivity index (χ1n) is 7.65. The zero-order valence-electron chi connectivity index (χ0n) is 14.9. The van der Waals surface area contributed by atoms with Gasteiger partial charge < -0.3 is 6.92 Å². The van der Waals surface area contributed by atoms with Crippen molar-refractivity contribution >= 4 is 13.3 Å². The maximum Gasteiger partial charge on any atom is 1.00 e. The second-order valence-corrected chi connectivity index (χ2v) is 9.97. The summed E-state index contributed by atoms with van der Waals surface area (Å²) in [7, 11) is -1.69. The van der Waals surface area contributed by atoms with Gasteiger partial charge in [0.2, 0.25) is 0 Å². The first-order valence-corrected chi connectivity index (χ1v) is 10.7. The molecule has 0 atom stereocenters. The van der Waals surface area contributed by atoms with Crippen LogP contribution in [-0.4, -0.2) is 8.07 Å². The van der Waals surface area contributed by atoms with Crippen LogP contribution >= 0.6 is 0 Å². The second-order valence-electron chi connectivity index (χ2n) is 5.54. The quantitative estimate of drug-likeness (QED) is 0.564. The van der Waals surface area contributed by atoms with E-state index in [2.05, 4.69) is 64.2 Å². The van der Waals surface area contributed by atoms with Crippen LogP contribution in [0.15, 0.2) is 30.3 Å². The maximum absolute atomic E-state index is 9.30. The zero-order chi connectivity index (χ0) is 15.4. The van der Waals surface area contributed by atoms with E-state index < -0.39 is 8.07 Å². The van der Waals surface area contributed by atoms with Crippen LogP contribution in [0.25, 0.3) is 0 Å². The third-order valence-corrected chi connectivity index (χ3v) is 7.17. The van der Waals surface area contributed by atoms with Gasteiger partial charge in [-0.15, -0.1) is 6.07 Å². The average Bonchev–Trinajstić information content (AvgIpc) is 2.49. The average molecular weight is 358 g/mol. The molecule has 0 bridgehead atoms.